The first-order valence-corrected chi connectivity index (χ1v) is 9.18. The molecule has 220 valence electrons. The summed E-state index contributed by atoms with van der Waals surface area (Å²) in [4.78, 5) is 0. The average molecular weight is 619 g/mol. The van der Waals surface area contributed by atoms with Gasteiger partial charge >= 0.3 is 47.7 Å². The number of benzene rings is 1. The Hall–Kier alpha value is -2.22. The minimum absolute atomic E-state index is 0.273. The third-order valence-electron chi connectivity index (χ3n) is 4.57. The van der Waals surface area contributed by atoms with Crippen molar-refractivity contribution in [2.75, 3.05) is 0 Å². The van der Waals surface area contributed by atoms with Crippen LogP contribution >= 0.6 is 11.6 Å². The van der Waals surface area contributed by atoms with E-state index in [1.165, 1.54) is 0 Å². The van der Waals surface area contributed by atoms with Gasteiger partial charge in [0.25, 0.3) is 0 Å². The number of rotatable bonds is 10. The van der Waals surface area contributed by atoms with Gasteiger partial charge in [0, 0.05) is 0 Å². The van der Waals surface area contributed by atoms with Gasteiger partial charge in [-0.25, -0.2) is 0 Å². The SMILES string of the molecule is OCc1cc(Cl)c(OC(F)=C(F)C(F)(F)C(F)(F)C(F)(F)C(F)(F)C(F)(F)C(F)(F)C(F)(F)F)cc1CO. The maximum Gasteiger partial charge on any atom is 0.460 e. The van der Waals surface area contributed by atoms with Gasteiger partial charge in [-0.15, -0.1) is 0 Å². The summed E-state index contributed by atoms with van der Waals surface area (Å²) in [5, 5.41) is 17.1. The molecule has 0 aliphatic rings. The minimum Gasteiger partial charge on any atom is -0.428 e. The Kier molecular flexibility index (Phi) is 8.96. The van der Waals surface area contributed by atoms with Crippen molar-refractivity contribution < 1.29 is 89.6 Å². The van der Waals surface area contributed by atoms with Crippen LogP contribution in [0.5, 0.6) is 5.75 Å². The van der Waals surface area contributed by atoms with Crippen molar-refractivity contribution in [2.45, 2.75) is 54.9 Å². The van der Waals surface area contributed by atoms with Gasteiger partial charge in [-0.3, -0.25) is 0 Å². The van der Waals surface area contributed by atoms with E-state index in [0.717, 1.165) is 0 Å². The lowest BCUT2D eigenvalue weighted by atomic mass is 9.91. The van der Waals surface area contributed by atoms with Crippen LogP contribution in [-0.2, 0) is 13.2 Å². The lowest BCUT2D eigenvalue weighted by molar-refractivity contribution is -0.451. The predicted octanol–water partition coefficient (Wildman–Crippen LogP) is 7.19. The molecule has 0 amide bonds. The fourth-order valence-electron chi connectivity index (χ4n) is 2.38. The Morgan fingerprint density at radius 1 is 0.632 bits per heavy atom. The molecule has 0 aromatic heterocycles. The second-order valence-corrected chi connectivity index (χ2v) is 7.41. The maximum atomic E-state index is 13.8. The van der Waals surface area contributed by atoms with Crippen molar-refractivity contribution in [2.24, 2.45) is 0 Å². The first kappa shape index (κ1) is 33.8. The largest absolute Gasteiger partial charge is 0.460 e. The molecule has 0 bridgehead atoms. The molecule has 0 unspecified atom stereocenters. The molecule has 1 rings (SSSR count). The number of alkyl halides is 15. The molecule has 0 radical (unpaired) electrons. The van der Waals surface area contributed by atoms with E-state index in [4.69, 9.17) is 21.8 Å². The monoisotopic (exact) mass is 618 g/mol. The van der Waals surface area contributed by atoms with Gasteiger partial charge in [0.2, 0.25) is 5.83 Å². The smallest absolute Gasteiger partial charge is 0.428 e. The van der Waals surface area contributed by atoms with Gasteiger partial charge in [-0.1, -0.05) is 11.6 Å². The fraction of sp³-hybridized carbons (Fsp3) is 0.529. The molecule has 0 atom stereocenters. The van der Waals surface area contributed by atoms with Crippen LogP contribution in [0.1, 0.15) is 11.1 Å². The summed E-state index contributed by atoms with van der Waals surface area (Å²) in [6, 6.07) is -2.78. The topological polar surface area (TPSA) is 49.7 Å². The second-order valence-electron chi connectivity index (χ2n) is 7.00. The first-order chi connectivity index (χ1) is 16.7. The molecule has 38 heavy (non-hydrogen) atoms. The molecule has 2 N–H and O–H groups in total. The molecule has 0 saturated heterocycles. The van der Waals surface area contributed by atoms with Crippen molar-refractivity contribution in [1.29, 1.82) is 0 Å². The fourth-order valence-corrected chi connectivity index (χ4v) is 2.60. The van der Waals surface area contributed by atoms with Gasteiger partial charge in [0.05, 0.1) is 18.2 Å². The van der Waals surface area contributed by atoms with Gasteiger partial charge in [0.15, 0.2) is 0 Å². The van der Waals surface area contributed by atoms with E-state index in [1.54, 1.807) is 0 Å². The number of hydrogen-bond acceptors (Lipinski definition) is 3. The van der Waals surface area contributed by atoms with Crippen LogP contribution < -0.4 is 4.74 Å². The Morgan fingerprint density at radius 2 is 1.00 bits per heavy atom. The molecule has 0 heterocycles. The van der Waals surface area contributed by atoms with E-state index in [9.17, 15) is 74.6 Å². The minimum atomic E-state index is -8.69. The van der Waals surface area contributed by atoms with Crippen LogP contribution in [0.3, 0.4) is 0 Å². The number of halogens is 18. The average Bonchev–Trinajstić information content (AvgIpc) is 2.77. The number of aliphatic hydroxyl groups excluding tert-OH is 2. The van der Waals surface area contributed by atoms with Gasteiger partial charge in [-0.2, -0.15) is 74.6 Å². The van der Waals surface area contributed by atoms with Crippen molar-refractivity contribution in [3.8, 4) is 5.75 Å². The van der Waals surface area contributed by atoms with Gasteiger partial charge in [-0.05, 0) is 23.3 Å². The lowest BCUT2D eigenvalue weighted by Gasteiger charge is -2.41. The zero-order valence-electron chi connectivity index (χ0n) is 17.2. The molecular formula is C17H8ClF17O3. The molecular weight excluding hydrogens is 611 g/mol. The molecule has 1 aromatic carbocycles. The summed E-state index contributed by atoms with van der Waals surface area (Å²) in [5.41, 5.74) is -0.749. The summed E-state index contributed by atoms with van der Waals surface area (Å²) in [6.45, 7) is -1.97. The molecule has 0 aliphatic carbocycles. The summed E-state index contributed by atoms with van der Waals surface area (Å²) in [6.07, 6.45) is -7.82. The van der Waals surface area contributed by atoms with E-state index < -0.39 is 83.1 Å². The molecule has 1 aromatic rings. The quantitative estimate of drug-likeness (QED) is 0.216. The van der Waals surface area contributed by atoms with E-state index in [-0.39, 0.29) is 5.56 Å². The third-order valence-corrected chi connectivity index (χ3v) is 4.87. The van der Waals surface area contributed by atoms with Crippen molar-refractivity contribution in [3.63, 3.8) is 0 Å². The normalized spacial score (nSPS) is 15.5. The van der Waals surface area contributed by atoms with E-state index in [0.29, 0.717) is 12.1 Å². The van der Waals surface area contributed by atoms with E-state index in [2.05, 4.69) is 4.74 Å². The summed E-state index contributed by atoms with van der Waals surface area (Å²) in [5.74, 6) is -56.1. The zero-order valence-corrected chi connectivity index (χ0v) is 17.9. The molecule has 21 heteroatoms. The van der Waals surface area contributed by atoms with E-state index >= 15 is 0 Å². The first-order valence-electron chi connectivity index (χ1n) is 8.80. The Balaban J connectivity index is 3.65. The highest BCUT2D eigenvalue weighted by atomic mass is 35.5. The molecule has 0 spiro atoms. The predicted molar refractivity (Wildman–Crippen MR) is 88.9 cm³/mol. The van der Waals surface area contributed by atoms with E-state index in [1.807, 2.05) is 0 Å². The van der Waals surface area contributed by atoms with Crippen molar-refractivity contribution in [1.82, 2.24) is 0 Å². The molecule has 0 aliphatic heterocycles. The number of hydrogen-bond donors (Lipinski definition) is 2. The molecule has 0 saturated carbocycles. The highest BCUT2D eigenvalue weighted by molar-refractivity contribution is 6.32. The van der Waals surface area contributed by atoms with Crippen LogP contribution in [0.2, 0.25) is 5.02 Å². The highest BCUT2D eigenvalue weighted by Crippen LogP contribution is 2.63. The second kappa shape index (κ2) is 10.1. The van der Waals surface area contributed by atoms with Crippen LogP contribution in [-0.4, -0.2) is 51.9 Å². The van der Waals surface area contributed by atoms with Crippen LogP contribution in [0.15, 0.2) is 24.0 Å². The van der Waals surface area contributed by atoms with Crippen LogP contribution in [0, 0.1) is 0 Å². The number of aliphatic hydroxyl groups is 2. The van der Waals surface area contributed by atoms with Gasteiger partial charge in [0.1, 0.15) is 5.75 Å². The Morgan fingerprint density at radius 3 is 1.39 bits per heavy atom. The van der Waals surface area contributed by atoms with Crippen molar-refractivity contribution >= 4 is 11.6 Å². The standard InChI is InChI=1S/C17H8ClF17O3/c18-7-1-5(3-36)6(4-37)2-8(7)38-10(20)9(19)11(21,22)12(23,24)13(25,26)14(27,28)15(29,30)16(31,32)17(33,34)35/h1-2,36-37H,3-4H2. The summed E-state index contributed by atoms with van der Waals surface area (Å²) < 4.78 is 228. The number of ether oxygens (including phenoxy) is 1. The lowest BCUT2D eigenvalue weighted by Crippen LogP contribution is -2.72. The maximum absolute atomic E-state index is 13.8. The zero-order chi connectivity index (χ0) is 30.5. The Bertz CT molecular complexity index is 1060. The Labute approximate surface area is 203 Å². The molecule has 0 fully saturated rings. The summed E-state index contributed by atoms with van der Waals surface area (Å²) >= 11 is 5.42. The highest BCUT2D eigenvalue weighted by Gasteiger charge is 2.93. The number of allylic oxidation sites excluding steroid dienone is 1. The molecule has 3 nitrogen and oxygen atoms in total. The van der Waals surface area contributed by atoms with Gasteiger partial charge < -0.3 is 14.9 Å². The summed E-state index contributed by atoms with van der Waals surface area (Å²) in [7, 11) is 0. The van der Waals surface area contributed by atoms with Crippen LogP contribution in [0.25, 0.3) is 0 Å². The van der Waals surface area contributed by atoms with Crippen LogP contribution in [0.4, 0.5) is 74.6 Å². The third kappa shape index (κ3) is 4.93. The van der Waals surface area contributed by atoms with Crippen molar-refractivity contribution in [3.05, 3.63) is 40.1 Å².